The Kier molecular flexibility index (Phi) is 80.2. The van der Waals surface area contributed by atoms with E-state index < -0.39 is 97.5 Å². The maximum Gasteiger partial charge on any atom is 0.472 e. The molecule has 0 fully saturated rings. The summed E-state index contributed by atoms with van der Waals surface area (Å²) in [5.74, 6) is -1.27. The molecular formula is C89H174O17P2. The zero-order valence-corrected chi connectivity index (χ0v) is 72.8. The molecule has 0 spiro atoms. The van der Waals surface area contributed by atoms with E-state index in [0.29, 0.717) is 25.7 Å². The maximum atomic E-state index is 13.2. The zero-order valence-electron chi connectivity index (χ0n) is 71.0. The van der Waals surface area contributed by atoms with Gasteiger partial charge in [-0.1, -0.05) is 433 Å². The van der Waals surface area contributed by atoms with E-state index in [1.54, 1.807) is 0 Å². The van der Waals surface area contributed by atoms with Gasteiger partial charge in [-0.25, -0.2) is 9.13 Å². The predicted octanol–water partition coefficient (Wildman–Crippen LogP) is 27.5. The molecule has 0 amide bonds. The van der Waals surface area contributed by atoms with Crippen molar-refractivity contribution in [1.82, 2.24) is 0 Å². The molecule has 17 nitrogen and oxygen atoms in total. The van der Waals surface area contributed by atoms with Crippen LogP contribution < -0.4 is 0 Å². The van der Waals surface area contributed by atoms with Gasteiger partial charge < -0.3 is 33.8 Å². The average molecular weight is 1580 g/mol. The van der Waals surface area contributed by atoms with Crippen LogP contribution in [0.1, 0.15) is 484 Å². The summed E-state index contributed by atoms with van der Waals surface area (Å²) in [4.78, 5) is 73.4. The number of aliphatic hydroxyl groups excluding tert-OH is 1. The molecule has 642 valence electrons. The second-order valence-corrected chi connectivity index (χ2v) is 35.4. The van der Waals surface area contributed by atoms with Crippen molar-refractivity contribution in [2.45, 2.75) is 502 Å². The summed E-state index contributed by atoms with van der Waals surface area (Å²) in [5, 5.41) is 10.7. The van der Waals surface area contributed by atoms with E-state index in [-0.39, 0.29) is 25.7 Å². The van der Waals surface area contributed by atoms with E-state index in [2.05, 4.69) is 34.6 Å². The van der Waals surface area contributed by atoms with Crippen molar-refractivity contribution in [2.75, 3.05) is 39.6 Å². The van der Waals surface area contributed by atoms with Crippen LogP contribution in [-0.4, -0.2) is 96.7 Å². The fourth-order valence-electron chi connectivity index (χ4n) is 14.0. The molecule has 0 aliphatic heterocycles. The van der Waals surface area contributed by atoms with Crippen LogP contribution in [0.15, 0.2) is 0 Å². The molecule has 0 aliphatic rings. The number of unbranched alkanes of at least 4 members (excludes halogenated alkanes) is 61. The lowest BCUT2D eigenvalue weighted by Crippen LogP contribution is -2.30. The number of hydrogen-bond donors (Lipinski definition) is 3. The molecule has 0 aromatic heterocycles. The lowest BCUT2D eigenvalue weighted by atomic mass is 10.0. The molecule has 108 heavy (non-hydrogen) atoms. The number of phosphoric acid groups is 2. The standard InChI is InChI=1S/C89H174O17P2/c1-6-9-12-15-18-21-24-27-29-31-32-36-40-43-48-53-58-63-68-73-87(92)100-79-85(106-89(94)75-70-65-60-55-50-45-41-37-34-33-35-38-42-46-51-56-61-66-71-82(4)5)81-104-108(97,98)102-77-83(90)76-101-107(95,96)103-80-84(78-99-86(91)72-67-62-57-52-47-26-23-20-17-14-11-8-3)105-88(93)74-69-64-59-54-49-44-39-30-28-25-22-19-16-13-10-7-2/h82-85,90H,6-81H2,1-5H3,(H,95,96)(H,97,98)/t83-,84+,85+/m0/s1. The minimum atomic E-state index is -4.97. The molecule has 2 unspecified atom stereocenters. The number of carbonyl (C=O) groups excluding carboxylic acids is 4. The molecule has 0 radical (unpaired) electrons. The Labute approximate surface area is 664 Å². The van der Waals surface area contributed by atoms with Gasteiger partial charge in [-0.15, -0.1) is 0 Å². The molecule has 0 saturated heterocycles. The highest BCUT2D eigenvalue weighted by Gasteiger charge is 2.30. The largest absolute Gasteiger partial charge is 0.472 e. The van der Waals surface area contributed by atoms with Gasteiger partial charge in [-0.05, 0) is 31.6 Å². The first kappa shape index (κ1) is 106. The topological polar surface area (TPSA) is 237 Å². The van der Waals surface area contributed by atoms with Gasteiger partial charge in [0.25, 0.3) is 0 Å². The number of hydrogen-bond acceptors (Lipinski definition) is 15. The van der Waals surface area contributed by atoms with Crippen molar-refractivity contribution >= 4 is 39.5 Å². The van der Waals surface area contributed by atoms with Crippen molar-refractivity contribution in [1.29, 1.82) is 0 Å². The Morgan fingerprint density at radius 2 is 0.426 bits per heavy atom. The number of rotatable bonds is 89. The Bertz CT molecular complexity index is 2050. The highest BCUT2D eigenvalue weighted by Crippen LogP contribution is 2.45. The maximum absolute atomic E-state index is 13.2. The van der Waals surface area contributed by atoms with Crippen LogP contribution in [0, 0.1) is 5.92 Å². The van der Waals surface area contributed by atoms with E-state index in [9.17, 15) is 43.2 Å². The first-order valence-corrected chi connectivity index (χ1v) is 49.1. The number of ether oxygens (including phenoxy) is 4. The predicted molar refractivity (Wildman–Crippen MR) is 446 cm³/mol. The molecule has 19 heteroatoms. The van der Waals surface area contributed by atoms with Crippen LogP contribution in [0.2, 0.25) is 0 Å². The van der Waals surface area contributed by atoms with Gasteiger partial charge in [0, 0.05) is 25.7 Å². The monoisotopic (exact) mass is 1580 g/mol. The summed E-state index contributed by atoms with van der Waals surface area (Å²) < 4.78 is 69.0. The zero-order chi connectivity index (χ0) is 79.0. The smallest absolute Gasteiger partial charge is 0.462 e. The SMILES string of the molecule is CCCCCCCCCCCCCCCCCCCCCC(=O)OC[C@H](COP(=O)(O)OC[C@@H](O)COP(=O)(O)OC[C@@H](COC(=O)CCCCCCCCCCCCCC)OC(=O)CCCCCCCCCCCCCCCCCC)OC(=O)CCCCCCCCCCCCCCCCCCCCC(C)C. The quantitative estimate of drug-likeness (QED) is 0.0222. The highest BCUT2D eigenvalue weighted by atomic mass is 31.2. The minimum Gasteiger partial charge on any atom is -0.462 e. The van der Waals surface area contributed by atoms with Crippen LogP contribution in [0.5, 0.6) is 0 Å². The second kappa shape index (κ2) is 81.6. The lowest BCUT2D eigenvalue weighted by molar-refractivity contribution is -0.161. The second-order valence-electron chi connectivity index (χ2n) is 32.5. The third kappa shape index (κ3) is 82.1. The Hall–Kier alpha value is -1.94. The molecule has 5 atom stereocenters. The minimum absolute atomic E-state index is 0.109. The third-order valence-corrected chi connectivity index (χ3v) is 22.9. The average Bonchev–Trinajstić information content (AvgIpc) is 0.897. The first-order chi connectivity index (χ1) is 52.5. The Morgan fingerprint density at radius 1 is 0.250 bits per heavy atom. The van der Waals surface area contributed by atoms with Crippen LogP contribution >= 0.6 is 15.6 Å². The van der Waals surface area contributed by atoms with E-state index in [1.807, 2.05) is 0 Å². The first-order valence-electron chi connectivity index (χ1n) is 46.1. The van der Waals surface area contributed by atoms with E-state index in [1.165, 1.54) is 308 Å². The van der Waals surface area contributed by atoms with Gasteiger partial charge in [-0.2, -0.15) is 0 Å². The van der Waals surface area contributed by atoms with Crippen LogP contribution in [0.25, 0.3) is 0 Å². The van der Waals surface area contributed by atoms with Crippen LogP contribution in [0.3, 0.4) is 0 Å². The van der Waals surface area contributed by atoms with Crippen molar-refractivity contribution in [3.8, 4) is 0 Å². The van der Waals surface area contributed by atoms with Crippen LogP contribution in [-0.2, 0) is 65.4 Å². The fraction of sp³-hybridized carbons (Fsp3) is 0.955. The summed E-state index contributed by atoms with van der Waals surface area (Å²) in [6.07, 6.45) is 76.3. The van der Waals surface area contributed by atoms with E-state index in [4.69, 9.17) is 37.0 Å². The normalized spacial score (nSPS) is 13.7. The summed E-state index contributed by atoms with van der Waals surface area (Å²) >= 11 is 0. The summed E-state index contributed by atoms with van der Waals surface area (Å²) in [6, 6.07) is 0. The van der Waals surface area contributed by atoms with Crippen molar-refractivity contribution < 1.29 is 80.2 Å². The molecule has 0 rings (SSSR count). The van der Waals surface area contributed by atoms with Gasteiger partial charge in [0.15, 0.2) is 12.2 Å². The van der Waals surface area contributed by atoms with Crippen LogP contribution in [0.4, 0.5) is 0 Å². The van der Waals surface area contributed by atoms with Crippen molar-refractivity contribution in [3.05, 3.63) is 0 Å². The van der Waals surface area contributed by atoms with Crippen molar-refractivity contribution in [3.63, 3.8) is 0 Å². The van der Waals surface area contributed by atoms with Gasteiger partial charge in [0.1, 0.15) is 19.3 Å². The van der Waals surface area contributed by atoms with Gasteiger partial charge in [-0.3, -0.25) is 37.3 Å². The molecule has 3 N–H and O–H groups in total. The third-order valence-electron chi connectivity index (χ3n) is 21.0. The lowest BCUT2D eigenvalue weighted by Gasteiger charge is -2.21. The molecular weight excluding hydrogens is 1400 g/mol. The summed E-state index contributed by atoms with van der Waals surface area (Å²) in [6.45, 7) is 7.43. The van der Waals surface area contributed by atoms with Gasteiger partial charge >= 0.3 is 39.5 Å². The summed E-state index contributed by atoms with van der Waals surface area (Å²) in [7, 11) is -9.93. The number of phosphoric ester groups is 2. The molecule has 0 aromatic carbocycles. The molecule has 0 aliphatic carbocycles. The van der Waals surface area contributed by atoms with Gasteiger partial charge in [0.05, 0.1) is 26.4 Å². The summed E-state index contributed by atoms with van der Waals surface area (Å²) in [5.41, 5.74) is 0. The molecule has 0 saturated carbocycles. The number of aliphatic hydroxyl groups is 1. The van der Waals surface area contributed by atoms with E-state index in [0.717, 1.165) is 95.8 Å². The highest BCUT2D eigenvalue weighted by molar-refractivity contribution is 7.47. The number of carbonyl (C=O) groups is 4. The molecule has 0 bridgehead atoms. The number of esters is 4. The molecule has 0 aromatic rings. The Balaban J connectivity index is 5.24. The molecule has 0 heterocycles. The fourth-order valence-corrected chi connectivity index (χ4v) is 15.6. The van der Waals surface area contributed by atoms with Crippen molar-refractivity contribution in [2.24, 2.45) is 5.92 Å². The Morgan fingerprint density at radius 3 is 0.630 bits per heavy atom. The van der Waals surface area contributed by atoms with Gasteiger partial charge in [0.2, 0.25) is 0 Å². The van der Waals surface area contributed by atoms with E-state index >= 15 is 0 Å².